The van der Waals surface area contributed by atoms with E-state index in [1.165, 1.54) is 20.3 Å². The third-order valence-corrected chi connectivity index (χ3v) is 3.26. The van der Waals surface area contributed by atoms with Crippen LogP contribution in [0.4, 0.5) is 4.39 Å². The van der Waals surface area contributed by atoms with Gasteiger partial charge in [0, 0.05) is 17.2 Å². The van der Waals surface area contributed by atoms with Gasteiger partial charge >= 0.3 is 0 Å². The van der Waals surface area contributed by atoms with Crippen LogP contribution in [0.3, 0.4) is 0 Å². The molecule has 3 nitrogen and oxygen atoms in total. The van der Waals surface area contributed by atoms with E-state index in [-0.39, 0.29) is 5.82 Å². The Morgan fingerprint density at radius 3 is 2.19 bits per heavy atom. The molecule has 1 aliphatic carbocycles. The summed E-state index contributed by atoms with van der Waals surface area (Å²) in [4.78, 5) is 0. The van der Waals surface area contributed by atoms with Gasteiger partial charge in [-0.1, -0.05) is 0 Å². The highest BCUT2D eigenvalue weighted by molar-refractivity contribution is 5.46. The third kappa shape index (κ3) is 1.63. The Hall–Kier alpha value is -1.29. The van der Waals surface area contributed by atoms with E-state index in [0.717, 1.165) is 19.3 Å². The van der Waals surface area contributed by atoms with E-state index in [9.17, 15) is 4.39 Å². The molecule has 88 valence electrons. The molecule has 0 spiro atoms. The number of nitrogens with two attached hydrogens (primary N) is 1. The summed E-state index contributed by atoms with van der Waals surface area (Å²) in [5.41, 5.74) is 6.10. The van der Waals surface area contributed by atoms with Gasteiger partial charge in [-0.2, -0.15) is 0 Å². The minimum atomic E-state index is -0.524. The van der Waals surface area contributed by atoms with Gasteiger partial charge in [-0.05, 0) is 25.3 Å². The first kappa shape index (κ1) is 11.2. The number of rotatable bonds is 3. The molecule has 0 aliphatic heterocycles. The second kappa shape index (κ2) is 3.94. The van der Waals surface area contributed by atoms with Gasteiger partial charge in [0.1, 0.15) is 5.82 Å². The molecule has 0 unspecified atom stereocenters. The van der Waals surface area contributed by atoms with Gasteiger partial charge in [0.2, 0.25) is 0 Å². The van der Waals surface area contributed by atoms with Crippen LogP contribution in [0.15, 0.2) is 12.1 Å². The smallest absolute Gasteiger partial charge is 0.163 e. The van der Waals surface area contributed by atoms with Crippen LogP contribution in [0.25, 0.3) is 0 Å². The van der Waals surface area contributed by atoms with Gasteiger partial charge in [-0.15, -0.1) is 0 Å². The first-order chi connectivity index (χ1) is 7.60. The van der Waals surface area contributed by atoms with Crippen molar-refractivity contribution in [2.24, 2.45) is 5.73 Å². The maximum Gasteiger partial charge on any atom is 0.163 e. The Bertz CT molecular complexity index is 402. The predicted molar refractivity (Wildman–Crippen MR) is 59.2 cm³/mol. The molecule has 0 heterocycles. The van der Waals surface area contributed by atoms with Gasteiger partial charge in [-0.25, -0.2) is 4.39 Å². The lowest BCUT2D eigenvalue weighted by Gasteiger charge is -2.39. The molecule has 0 atom stereocenters. The largest absolute Gasteiger partial charge is 0.493 e. The molecule has 1 fully saturated rings. The molecule has 1 aliphatic rings. The average Bonchev–Trinajstić information content (AvgIpc) is 2.25. The summed E-state index contributed by atoms with van der Waals surface area (Å²) in [6, 6.07) is 2.98. The minimum Gasteiger partial charge on any atom is -0.493 e. The highest BCUT2D eigenvalue weighted by Crippen LogP contribution is 2.43. The quantitative estimate of drug-likeness (QED) is 0.857. The second-order valence-corrected chi connectivity index (χ2v) is 4.20. The molecule has 0 radical (unpaired) electrons. The summed E-state index contributed by atoms with van der Waals surface area (Å²) in [5, 5.41) is 0. The Labute approximate surface area is 94.3 Å². The van der Waals surface area contributed by atoms with Crippen LogP contribution < -0.4 is 15.2 Å². The van der Waals surface area contributed by atoms with Crippen molar-refractivity contribution >= 4 is 0 Å². The molecule has 0 saturated heterocycles. The van der Waals surface area contributed by atoms with Crippen LogP contribution in [0.5, 0.6) is 11.5 Å². The molecule has 1 aromatic carbocycles. The summed E-state index contributed by atoms with van der Waals surface area (Å²) in [7, 11) is 3.02. The SMILES string of the molecule is COc1cc(F)c(C2(N)CCC2)cc1OC. The van der Waals surface area contributed by atoms with Gasteiger partial charge in [-0.3, -0.25) is 0 Å². The van der Waals surface area contributed by atoms with Crippen molar-refractivity contribution in [2.75, 3.05) is 14.2 Å². The summed E-state index contributed by atoms with van der Waals surface area (Å²) in [6.07, 6.45) is 2.68. The van der Waals surface area contributed by atoms with Crippen molar-refractivity contribution in [3.8, 4) is 11.5 Å². The maximum absolute atomic E-state index is 13.9. The number of hydrogen-bond acceptors (Lipinski definition) is 3. The van der Waals surface area contributed by atoms with E-state index < -0.39 is 5.54 Å². The minimum absolute atomic E-state index is 0.320. The van der Waals surface area contributed by atoms with Crippen molar-refractivity contribution in [2.45, 2.75) is 24.8 Å². The molecule has 1 saturated carbocycles. The monoisotopic (exact) mass is 225 g/mol. The zero-order valence-corrected chi connectivity index (χ0v) is 9.55. The first-order valence-corrected chi connectivity index (χ1v) is 5.31. The van der Waals surface area contributed by atoms with Crippen LogP contribution in [0.2, 0.25) is 0 Å². The molecule has 2 rings (SSSR count). The fourth-order valence-electron chi connectivity index (χ4n) is 2.06. The van der Waals surface area contributed by atoms with Crippen LogP contribution in [0.1, 0.15) is 24.8 Å². The Morgan fingerprint density at radius 1 is 1.19 bits per heavy atom. The lowest BCUT2D eigenvalue weighted by molar-refractivity contribution is 0.243. The first-order valence-electron chi connectivity index (χ1n) is 5.31. The molecule has 0 amide bonds. The zero-order chi connectivity index (χ0) is 11.8. The topological polar surface area (TPSA) is 44.5 Å². The Balaban J connectivity index is 2.46. The average molecular weight is 225 g/mol. The van der Waals surface area contributed by atoms with E-state index in [0.29, 0.717) is 17.1 Å². The Kier molecular flexibility index (Phi) is 2.76. The van der Waals surface area contributed by atoms with Gasteiger partial charge in [0.25, 0.3) is 0 Å². The normalized spacial score (nSPS) is 17.8. The fourth-order valence-corrected chi connectivity index (χ4v) is 2.06. The highest BCUT2D eigenvalue weighted by atomic mass is 19.1. The lowest BCUT2D eigenvalue weighted by Crippen LogP contribution is -2.44. The van der Waals surface area contributed by atoms with Gasteiger partial charge in [0.05, 0.1) is 14.2 Å². The number of halogens is 1. The van der Waals surface area contributed by atoms with Crippen LogP contribution in [-0.4, -0.2) is 14.2 Å². The van der Waals surface area contributed by atoms with E-state index in [1.54, 1.807) is 6.07 Å². The summed E-state index contributed by atoms with van der Waals surface area (Å²) < 4.78 is 24.0. The molecule has 0 aromatic heterocycles. The number of methoxy groups -OCH3 is 2. The van der Waals surface area contributed by atoms with E-state index >= 15 is 0 Å². The van der Waals surface area contributed by atoms with E-state index in [2.05, 4.69) is 0 Å². The number of hydrogen-bond donors (Lipinski definition) is 1. The molecular formula is C12H16FNO2. The molecule has 1 aromatic rings. The fraction of sp³-hybridized carbons (Fsp3) is 0.500. The van der Waals surface area contributed by atoms with Gasteiger partial charge in [0.15, 0.2) is 11.5 Å². The summed E-state index contributed by atoms with van der Waals surface area (Å²) >= 11 is 0. The predicted octanol–water partition coefficient (Wildman–Crippen LogP) is 2.18. The molecule has 16 heavy (non-hydrogen) atoms. The number of benzene rings is 1. The zero-order valence-electron chi connectivity index (χ0n) is 9.55. The van der Waals surface area contributed by atoms with Crippen LogP contribution >= 0.6 is 0 Å². The van der Waals surface area contributed by atoms with Crippen molar-refractivity contribution in [1.29, 1.82) is 0 Å². The number of ether oxygens (including phenoxy) is 2. The van der Waals surface area contributed by atoms with Crippen molar-refractivity contribution < 1.29 is 13.9 Å². The van der Waals surface area contributed by atoms with E-state index in [1.807, 2.05) is 0 Å². The van der Waals surface area contributed by atoms with Crippen LogP contribution in [-0.2, 0) is 5.54 Å². The van der Waals surface area contributed by atoms with Crippen molar-refractivity contribution in [3.63, 3.8) is 0 Å². The molecule has 0 bridgehead atoms. The Morgan fingerprint density at radius 2 is 1.75 bits per heavy atom. The maximum atomic E-state index is 13.9. The standard InChI is InChI=1S/C12H16FNO2/c1-15-10-6-8(12(14)4-3-5-12)9(13)7-11(10)16-2/h6-7H,3-5,14H2,1-2H3. The highest BCUT2D eigenvalue weighted by Gasteiger charge is 2.37. The van der Waals surface area contributed by atoms with Crippen molar-refractivity contribution in [1.82, 2.24) is 0 Å². The van der Waals surface area contributed by atoms with Crippen molar-refractivity contribution in [3.05, 3.63) is 23.5 Å². The molecular weight excluding hydrogens is 209 g/mol. The molecule has 2 N–H and O–H groups in total. The van der Waals surface area contributed by atoms with Crippen LogP contribution in [0, 0.1) is 5.82 Å². The summed E-state index contributed by atoms with van der Waals surface area (Å²) in [5.74, 6) is 0.599. The lowest BCUT2D eigenvalue weighted by atomic mass is 9.72. The second-order valence-electron chi connectivity index (χ2n) is 4.20. The molecule has 4 heteroatoms. The van der Waals surface area contributed by atoms with E-state index in [4.69, 9.17) is 15.2 Å². The van der Waals surface area contributed by atoms with Gasteiger partial charge < -0.3 is 15.2 Å². The third-order valence-electron chi connectivity index (χ3n) is 3.26. The summed E-state index contributed by atoms with van der Waals surface area (Å²) in [6.45, 7) is 0.